The van der Waals surface area contributed by atoms with Gasteiger partial charge in [0, 0.05) is 22.3 Å². The van der Waals surface area contributed by atoms with Gasteiger partial charge in [-0.25, -0.2) is 0 Å². The second-order valence-corrected chi connectivity index (χ2v) is 9.28. The van der Waals surface area contributed by atoms with Crippen LogP contribution in [0, 0.1) is 24.7 Å². The molecule has 1 heterocycles. The molecule has 1 aliphatic rings. The maximum Gasteiger partial charge on any atom is 0.0302 e. The maximum atomic E-state index is 3.80. The van der Waals surface area contributed by atoms with Gasteiger partial charge in [0.05, 0.1) is 0 Å². The molecule has 1 saturated carbocycles. The number of aryl methyl sites for hydroxylation is 2. The highest BCUT2D eigenvalue weighted by Crippen LogP contribution is 2.45. The van der Waals surface area contributed by atoms with Crippen LogP contribution in [0.3, 0.4) is 0 Å². The van der Waals surface area contributed by atoms with Crippen LogP contribution in [0.15, 0.2) is 6.07 Å². The Morgan fingerprint density at radius 3 is 2.21 bits per heavy atom. The van der Waals surface area contributed by atoms with Gasteiger partial charge in [-0.2, -0.15) is 0 Å². The van der Waals surface area contributed by atoms with E-state index in [0.717, 1.165) is 6.54 Å². The molecule has 1 aliphatic carbocycles. The Hall–Kier alpha value is -0.340. The van der Waals surface area contributed by atoms with Gasteiger partial charge in [-0.05, 0) is 55.6 Å². The molecular formula is C17H29NS. The van der Waals surface area contributed by atoms with E-state index in [9.17, 15) is 0 Å². The monoisotopic (exact) mass is 279 g/mol. The van der Waals surface area contributed by atoms with Gasteiger partial charge in [0.15, 0.2) is 0 Å². The van der Waals surface area contributed by atoms with Crippen molar-refractivity contribution >= 4 is 11.3 Å². The molecule has 1 aromatic heterocycles. The predicted octanol–water partition coefficient (Wildman–Crippen LogP) is 5.06. The van der Waals surface area contributed by atoms with E-state index >= 15 is 0 Å². The van der Waals surface area contributed by atoms with Gasteiger partial charge in [-0.15, -0.1) is 11.3 Å². The molecule has 19 heavy (non-hydrogen) atoms. The Balaban J connectivity index is 1.95. The number of nitrogens with one attached hydrogen (secondary N) is 1. The van der Waals surface area contributed by atoms with Crippen LogP contribution < -0.4 is 5.32 Å². The van der Waals surface area contributed by atoms with E-state index in [1.165, 1.54) is 34.6 Å². The van der Waals surface area contributed by atoms with Crippen LogP contribution in [0.1, 0.15) is 62.3 Å². The zero-order chi connectivity index (χ0) is 14.3. The first-order valence-electron chi connectivity index (χ1n) is 7.46. The van der Waals surface area contributed by atoms with Crippen LogP contribution in [-0.4, -0.2) is 6.04 Å². The fourth-order valence-corrected chi connectivity index (χ4v) is 4.98. The zero-order valence-corrected chi connectivity index (χ0v) is 14.2. The first-order chi connectivity index (χ1) is 8.67. The molecule has 2 heteroatoms. The van der Waals surface area contributed by atoms with Crippen LogP contribution in [0.5, 0.6) is 0 Å². The lowest BCUT2D eigenvalue weighted by atomic mass is 9.63. The molecule has 0 atom stereocenters. The van der Waals surface area contributed by atoms with Crippen molar-refractivity contribution in [2.45, 2.75) is 73.4 Å². The molecule has 2 rings (SSSR count). The SMILES string of the molecule is Cc1cc(CNC2CC(C)(C)CC(C)(C)C2)sc1C. The molecule has 0 radical (unpaired) electrons. The van der Waals surface area contributed by atoms with E-state index in [1.807, 2.05) is 11.3 Å². The first-order valence-corrected chi connectivity index (χ1v) is 8.28. The highest BCUT2D eigenvalue weighted by atomic mass is 32.1. The smallest absolute Gasteiger partial charge is 0.0302 e. The average molecular weight is 279 g/mol. The topological polar surface area (TPSA) is 12.0 Å². The zero-order valence-electron chi connectivity index (χ0n) is 13.4. The molecule has 1 N–H and O–H groups in total. The summed E-state index contributed by atoms with van der Waals surface area (Å²) in [6.07, 6.45) is 3.95. The Bertz CT molecular complexity index is 407. The summed E-state index contributed by atoms with van der Waals surface area (Å²) < 4.78 is 0. The Morgan fingerprint density at radius 1 is 1.16 bits per heavy atom. The van der Waals surface area contributed by atoms with Crippen molar-refractivity contribution in [2.24, 2.45) is 10.8 Å². The van der Waals surface area contributed by atoms with Crippen molar-refractivity contribution < 1.29 is 0 Å². The maximum absolute atomic E-state index is 3.80. The minimum atomic E-state index is 0.473. The number of hydrogen-bond acceptors (Lipinski definition) is 2. The standard InChI is InChI=1S/C17H29NS/c1-12-7-15(19-13(12)2)10-18-14-8-16(3,4)11-17(5,6)9-14/h7,14,18H,8-11H2,1-6H3. The van der Waals surface area contributed by atoms with Gasteiger partial charge in [0.1, 0.15) is 0 Å². The second kappa shape index (κ2) is 5.21. The highest BCUT2D eigenvalue weighted by Gasteiger charge is 2.38. The number of hydrogen-bond donors (Lipinski definition) is 1. The quantitative estimate of drug-likeness (QED) is 0.815. The summed E-state index contributed by atoms with van der Waals surface area (Å²) >= 11 is 1.94. The van der Waals surface area contributed by atoms with Crippen molar-refractivity contribution in [1.29, 1.82) is 0 Å². The Kier molecular flexibility index (Phi) is 4.13. The van der Waals surface area contributed by atoms with Gasteiger partial charge in [0.2, 0.25) is 0 Å². The molecule has 0 saturated heterocycles. The van der Waals surface area contributed by atoms with Crippen LogP contribution in [0.2, 0.25) is 0 Å². The fraction of sp³-hybridized carbons (Fsp3) is 0.765. The molecule has 0 unspecified atom stereocenters. The average Bonchev–Trinajstić information content (AvgIpc) is 2.51. The van der Waals surface area contributed by atoms with Crippen molar-refractivity contribution in [3.05, 3.63) is 21.4 Å². The van der Waals surface area contributed by atoms with E-state index in [4.69, 9.17) is 0 Å². The fourth-order valence-electron chi connectivity index (χ4n) is 3.97. The third kappa shape index (κ3) is 4.06. The van der Waals surface area contributed by atoms with Crippen molar-refractivity contribution in [3.63, 3.8) is 0 Å². The van der Waals surface area contributed by atoms with Crippen LogP contribution in [0.25, 0.3) is 0 Å². The highest BCUT2D eigenvalue weighted by molar-refractivity contribution is 7.12. The van der Waals surface area contributed by atoms with Gasteiger partial charge < -0.3 is 5.32 Å². The molecule has 108 valence electrons. The number of rotatable bonds is 3. The van der Waals surface area contributed by atoms with E-state index in [0.29, 0.717) is 16.9 Å². The van der Waals surface area contributed by atoms with Crippen LogP contribution >= 0.6 is 11.3 Å². The summed E-state index contributed by atoms with van der Waals surface area (Å²) in [6, 6.07) is 3.01. The molecule has 0 amide bonds. The van der Waals surface area contributed by atoms with E-state index in [2.05, 4.69) is 52.9 Å². The van der Waals surface area contributed by atoms with E-state index < -0.39 is 0 Å². The third-order valence-electron chi connectivity index (χ3n) is 4.34. The molecule has 0 spiro atoms. The first kappa shape index (κ1) is 15.1. The molecule has 0 bridgehead atoms. The lowest BCUT2D eigenvalue weighted by molar-refractivity contribution is 0.0846. The third-order valence-corrected chi connectivity index (χ3v) is 5.49. The predicted molar refractivity (Wildman–Crippen MR) is 85.8 cm³/mol. The van der Waals surface area contributed by atoms with Crippen molar-refractivity contribution in [1.82, 2.24) is 5.32 Å². The summed E-state index contributed by atoms with van der Waals surface area (Å²) in [5.41, 5.74) is 2.38. The largest absolute Gasteiger partial charge is 0.309 e. The van der Waals surface area contributed by atoms with Crippen molar-refractivity contribution in [3.8, 4) is 0 Å². The van der Waals surface area contributed by atoms with Crippen LogP contribution in [0.4, 0.5) is 0 Å². The molecule has 0 aliphatic heterocycles. The van der Waals surface area contributed by atoms with Gasteiger partial charge >= 0.3 is 0 Å². The van der Waals surface area contributed by atoms with Gasteiger partial charge in [0.25, 0.3) is 0 Å². The minimum Gasteiger partial charge on any atom is -0.309 e. The molecule has 1 aromatic rings. The van der Waals surface area contributed by atoms with Crippen molar-refractivity contribution in [2.75, 3.05) is 0 Å². The lowest BCUT2D eigenvalue weighted by Gasteiger charge is -2.45. The normalized spacial score (nSPS) is 22.6. The Labute approximate surface area is 122 Å². The lowest BCUT2D eigenvalue weighted by Crippen LogP contribution is -2.43. The summed E-state index contributed by atoms with van der Waals surface area (Å²) in [7, 11) is 0. The molecular weight excluding hydrogens is 250 g/mol. The molecule has 1 nitrogen and oxygen atoms in total. The van der Waals surface area contributed by atoms with Gasteiger partial charge in [-0.3, -0.25) is 0 Å². The molecule has 0 aromatic carbocycles. The summed E-state index contributed by atoms with van der Waals surface area (Å²) in [4.78, 5) is 2.94. The minimum absolute atomic E-state index is 0.473. The summed E-state index contributed by atoms with van der Waals surface area (Å²) in [5.74, 6) is 0. The van der Waals surface area contributed by atoms with E-state index in [1.54, 1.807) is 0 Å². The van der Waals surface area contributed by atoms with Crippen LogP contribution in [-0.2, 0) is 6.54 Å². The Morgan fingerprint density at radius 2 is 1.74 bits per heavy atom. The summed E-state index contributed by atoms with van der Waals surface area (Å²) in [6.45, 7) is 15.1. The summed E-state index contributed by atoms with van der Waals surface area (Å²) in [5, 5.41) is 3.80. The van der Waals surface area contributed by atoms with E-state index in [-0.39, 0.29) is 0 Å². The van der Waals surface area contributed by atoms with Gasteiger partial charge in [-0.1, -0.05) is 27.7 Å². The number of thiophene rings is 1. The second-order valence-electron chi connectivity index (χ2n) is 7.94. The molecule has 1 fully saturated rings.